The molecule has 0 saturated heterocycles. The maximum absolute atomic E-state index is 12.4. The maximum atomic E-state index is 12.4. The van der Waals surface area contributed by atoms with Crippen molar-refractivity contribution in [3.05, 3.63) is 46.6 Å². The van der Waals surface area contributed by atoms with Gasteiger partial charge in [-0.2, -0.15) is 4.98 Å². The number of aromatic nitrogens is 3. The van der Waals surface area contributed by atoms with Crippen LogP contribution in [0.2, 0.25) is 0 Å². The van der Waals surface area contributed by atoms with Crippen molar-refractivity contribution in [1.29, 1.82) is 0 Å². The molecule has 0 aliphatic rings. The molecule has 0 amide bonds. The summed E-state index contributed by atoms with van der Waals surface area (Å²) in [4.78, 5) is 31.3. The van der Waals surface area contributed by atoms with Gasteiger partial charge in [0, 0.05) is 11.3 Å². The second-order valence-electron chi connectivity index (χ2n) is 6.27. The first kappa shape index (κ1) is 20.9. The van der Waals surface area contributed by atoms with E-state index < -0.39 is 11.9 Å². The SMILES string of the molecule is COC(=O)c1c(C)[nH]c(C(=O)OCc2nc(-c3ccc(OC)c(OC)c3)no2)c1C. The van der Waals surface area contributed by atoms with Crippen molar-refractivity contribution in [3.8, 4) is 22.9 Å². The number of hydrogen-bond donors (Lipinski definition) is 1. The van der Waals surface area contributed by atoms with E-state index in [0.717, 1.165) is 0 Å². The molecule has 0 aliphatic heterocycles. The fourth-order valence-electron chi connectivity index (χ4n) is 2.97. The van der Waals surface area contributed by atoms with Gasteiger partial charge in [0.15, 0.2) is 18.1 Å². The third-order valence-corrected chi connectivity index (χ3v) is 4.47. The Bertz CT molecular complexity index is 1080. The van der Waals surface area contributed by atoms with Crippen LogP contribution in [-0.4, -0.2) is 48.4 Å². The zero-order valence-electron chi connectivity index (χ0n) is 17.2. The highest BCUT2D eigenvalue weighted by molar-refractivity contribution is 5.98. The average molecular weight is 415 g/mol. The Morgan fingerprint density at radius 1 is 1.07 bits per heavy atom. The van der Waals surface area contributed by atoms with E-state index in [4.69, 9.17) is 23.5 Å². The van der Waals surface area contributed by atoms with Crippen molar-refractivity contribution < 1.29 is 33.1 Å². The van der Waals surface area contributed by atoms with Crippen LogP contribution in [0.15, 0.2) is 22.7 Å². The third-order valence-electron chi connectivity index (χ3n) is 4.47. The molecular weight excluding hydrogens is 394 g/mol. The highest BCUT2D eigenvalue weighted by Crippen LogP contribution is 2.31. The van der Waals surface area contributed by atoms with E-state index in [0.29, 0.717) is 39.7 Å². The van der Waals surface area contributed by atoms with Gasteiger partial charge in [-0.1, -0.05) is 5.16 Å². The van der Waals surface area contributed by atoms with Crippen LogP contribution >= 0.6 is 0 Å². The summed E-state index contributed by atoms with van der Waals surface area (Å²) in [6.07, 6.45) is 0. The first-order valence-corrected chi connectivity index (χ1v) is 8.89. The highest BCUT2D eigenvalue weighted by Gasteiger charge is 2.24. The second-order valence-corrected chi connectivity index (χ2v) is 6.27. The molecule has 3 aromatic rings. The summed E-state index contributed by atoms with van der Waals surface area (Å²) in [6, 6.07) is 5.18. The lowest BCUT2D eigenvalue weighted by Gasteiger charge is -2.07. The summed E-state index contributed by atoms with van der Waals surface area (Å²) in [5.41, 5.74) is 2.07. The van der Waals surface area contributed by atoms with E-state index in [2.05, 4.69) is 15.1 Å². The fraction of sp³-hybridized carbons (Fsp3) is 0.300. The number of methoxy groups -OCH3 is 3. The van der Waals surface area contributed by atoms with Gasteiger partial charge in [-0.25, -0.2) is 9.59 Å². The minimum Gasteiger partial charge on any atom is -0.493 e. The van der Waals surface area contributed by atoms with Crippen LogP contribution in [0.5, 0.6) is 11.5 Å². The van der Waals surface area contributed by atoms with Crippen LogP contribution in [0.1, 0.15) is 38.0 Å². The van der Waals surface area contributed by atoms with Gasteiger partial charge in [0.05, 0.1) is 26.9 Å². The Morgan fingerprint density at radius 3 is 2.47 bits per heavy atom. The van der Waals surface area contributed by atoms with E-state index in [-0.39, 0.29) is 18.2 Å². The predicted octanol–water partition coefficient (Wildman–Crippen LogP) is 2.84. The summed E-state index contributed by atoms with van der Waals surface area (Å²) in [5, 5.41) is 3.90. The Morgan fingerprint density at radius 2 is 1.80 bits per heavy atom. The van der Waals surface area contributed by atoms with Gasteiger partial charge in [-0.15, -0.1) is 0 Å². The standard InChI is InChI=1S/C20H21N3O7/c1-10-16(19(24)28-5)11(2)21-17(10)20(25)29-9-15-22-18(23-30-15)12-6-7-13(26-3)14(8-12)27-4/h6-8,21H,9H2,1-5H3. The van der Waals surface area contributed by atoms with Gasteiger partial charge < -0.3 is 28.5 Å². The van der Waals surface area contributed by atoms with Crippen LogP contribution in [0, 0.1) is 13.8 Å². The smallest absolute Gasteiger partial charge is 0.355 e. The molecule has 3 rings (SSSR count). The Labute approximate surface area is 172 Å². The van der Waals surface area contributed by atoms with E-state index in [1.165, 1.54) is 14.2 Å². The molecule has 30 heavy (non-hydrogen) atoms. The first-order valence-electron chi connectivity index (χ1n) is 8.89. The Hall–Kier alpha value is -3.82. The van der Waals surface area contributed by atoms with E-state index >= 15 is 0 Å². The van der Waals surface area contributed by atoms with Crippen molar-refractivity contribution in [2.45, 2.75) is 20.5 Å². The number of carbonyl (C=O) groups excluding carboxylic acids is 2. The quantitative estimate of drug-likeness (QED) is 0.580. The molecule has 0 atom stereocenters. The number of carbonyl (C=O) groups is 2. The minimum absolute atomic E-state index is 0.113. The molecule has 10 nitrogen and oxygen atoms in total. The summed E-state index contributed by atoms with van der Waals surface area (Å²) in [5.74, 6) is 0.325. The maximum Gasteiger partial charge on any atom is 0.355 e. The molecule has 1 N–H and O–H groups in total. The molecular formula is C20H21N3O7. The van der Waals surface area contributed by atoms with E-state index in [1.807, 2.05) is 0 Å². The molecule has 0 unspecified atom stereocenters. The number of esters is 2. The second kappa shape index (κ2) is 8.68. The van der Waals surface area contributed by atoms with Gasteiger partial charge >= 0.3 is 11.9 Å². The molecule has 10 heteroatoms. The molecule has 2 heterocycles. The fourth-order valence-corrected chi connectivity index (χ4v) is 2.97. The van der Waals surface area contributed by atoms with Crippen molar-refractivity contribution in [2.75, 3.05) is 21.3 Å². The molecule has 0 spiro atoms. The number of rotatable bonds is 7. The predicted molar refractivity (Wildman–Crippen MR) is 104 cm³/mol. The van der Waals surface area contributed by atoms with Gasteiger partial charge in [0.2, 0.25) is 5.82 Å². The summed E-state index contributed by atoms with van der Waals surface area (Å²) in [6.45, 7) is 3.07. The zero-order valence-corrected chi connectivity index (χ0v) is 17.2. The van der Waals surface area contributed by atoms with Crippen molar-refractivity contribution in [1.82, 2.24) is 15.1 Å². The topological polar surface area (TPSA) is 126 Å². The number of aromatic amines is 1. The average Bonchev–Trinajstić information content (AvgIpc) is 3.35. The number of ether oxygens (including phenoxy) is 4. The molecule has 0 aliphatic carbocycles. The van der Waals surface area contributed by atoms with Gasteiger partial charge in [0.25, 0.3) is 5.89 Å². The van der Waals surface area contributed by atoms with Gasteiger partial charge in [-0.05, 0) is 37.6 Å². The van der Waals surface area contributed by atoms with E-state index in [1.54, 1.807) is 39.2 Å². The first-order chi connectivity index (χ1) is 14.4. The van der Waals surface area contributed by atoms with Crippen LogP contribution < -0.4 is 9.47 Å². The van der Waals surface area contributed by atoms with Gasteiger partial charge in [0.1, 0.15) is 5.69 Å². The number of H-pyrrole nitrogens is 1. The zero-order chi connectivity index (χ0) is 21.8. The number of hydrogen-bond acceptors (Lipinski definition) is 9. The number of nitrogens with one attached hydrogen (secondary N) is 1. The molecule has 0 bridgehead atoms. The lowest BCUT2D eigenvalue weighted by Crippen LogP contribution is -2.08. The monoisotopic (exact) mass is 415 g/mol. The van der Waals surface area contributed by atoms with E-state index in [9.17, 15) is 9.59 Å². The van der Waals surface area contributed by atoms with Crippen LogP contribution in [0.25, 0.3) is 11.4 Å². The summed E-state index contributed by atoms with van der Waals surface area (Å²) in [7, 11) is 4.34. The molecule has 0 saturated carbocycles. The molecule has 0 fully saturated rings. The van der Waals surface area contributed by atoms with Crippen LogP contribution in [0.3, 0.4) is 0 Å². The van der Waals surface area contributed by atoms with Crippen LogP contribution in [0.4, 0.5) is 0 Å². The summed E-state index contributed by atoms with van der Waals surface area (Å²) >= 11 is 0. The van der Waals surface area contributed by atoms with Crippen molar-refractivity contribution in [3.63, 3.8) is 0 Å². The molecule has 0 radical (unpaired) electrons. The minimum atomic E-state index is -0.656. The highest BCUT2D eigenvalue weighted by atomic mass is 16.6. The number of aryl methyl sites for hydroxylation is 1. The Balaban J connectivity index is 1.72. The van der Waals surface area contributed by atoms with Crippen LogP contribution in [-0.2, 0) is 16.1 Å². The van der Waals surface area contributed by atoms with Crippen molar-refractivity contribution in [2.24, 2.45) is 0 Å². The molecule has 1 aromatic carbocycles. The summed E-state index contributed by atoms with van der Waals surface area (Å²) < 4.78 is 25.6. The third kappa shape index (κ3) is 3.97. The normalized spacial score (nSPS) is 10.6. The Kier molecular flexibility index (Phi) is 6.05. The number of nitrogens with zero attached hydrogens (tertiary/aromatic N) is 2. The lowest BCUT2D eigenvalue weighted by molar-refractivity contribution is 0.0422. The molecule has 2 aromatic heterocycles. The number of benzene rings is 1. The van der Waals surface area contributed by atoms with Crippen molar-refractivity contribution >= 4 is 11.9 Å². The largest absolute Gasteiger partial charge is 0.493 e. The van der Waals surface area contributed by atoms with Gasteiger partial charge in [-0.3, -0.25) is 0 Å². The molecule has 158 valence electrons. The lowest BCUT2D eigenvalue weighted by atomic mass is 10.1.